The Kier molecular flexibility index (Phi) is 17.0. The molecule has 0 bridgehead atoms. The molecule has 0 radical (unpaired) electrons. The minimum atomic E-state index is -1.28. The van der Waals surface area contributed by atoms with E-state index in [-0.39, 0.29) is 24.1 Å². The second kappa shape index (κ2) is 20.8. The predicted octanol–water partition coefficient (Wildman–Crippen LogP) is 9.40. The Morgan fingerprint density at radius 1 is 0.855 bits per heavy atom. The van der Waals surface area contributed by atoms with Crippen molar-refractivity contribution in [3.8, 4) is 0 Å². The standard InChI is InChI=1S/C47H83NO7/c1-7-8-9-10-11-12-13-14-15-16-17-21-40(50)53-30-39-43(51)44(52)42(48)45(55-39)54-34-24-26-46(5)33(28-34)29-38(49)41-36-23-22-35(32(4)20-18-19-31(2)3)47(36,6)27-25-37(41)46/h29,31-32,34-39,41-45,49,51-52H,7-28,30,48H2,1-6H3/t32-,34?,35-,36?,37?,38-,39-,41?,42-,43-,44-,45+,46+,47-/m1/s1. The van der Waals surface area contributed by atoms with Crippen LogP contribution in [-0.2, 0) is 19.0 Å². The fourth-order valence-corrected chi connectivity index (χ4v) is 12.3. The van der Waals surface area contributed by atoms with Gasteiger partial charge in [-0.25, -0.2) is 0 Å². The average molecular weight is 774 g/mol. The molecule has 1 heterocycles. The van der Waals surface area contributed by atoms with E-state index < -0.39 is 36.7 Å². The van der Waals surface area contributed by atoms with E-state index in [0.29, 0.717) is 36.0 Å². The molecule has 0 aromatic rings. The summed E-state index contributed by atoms with van der Waals surface area (Å²) in [5.74, 6) is 3.27. The monoisotopic (exact) mass is 774 g/mol. The second-order valence-corrected chi connectivity index (χ2v) is 20.0. The van der Waals surface area contributed by atoms with Gasteiger partial charge in [0.1, 0.15) is 24.9 Å². The van der Waals surface area contributed by atoms with Crippen LogP contribution in [-0.4, -0.2) is 70.7 Å². The minimum Gasteiger partial charge on any atom is -0.463 e. The van der Waals surface area contributed by atoms with Gasteiger partial charge in [-0.15, -0.1) is 0 Å². The normalized spacial score (nSPS) is 39.3. The summed E-state index contributed by atoms with van der Waals surface area (Å²) < 4.78 is 18.2. The van der Waals surface area contributed by atoms with E-state index in [1.807, 2.05) is 0 Å². The number of aliphatic hydroxyl groups excluding tert-OH is 3. The van der Waals surface area contributed by atoms with Crippen molar-refractivity contribution in [1.82, 2.24) is 0 Å². The molecule has 4 aliphatic carbocycles. The molecular formula is C47H83NO7. The molecule has 0 spiro atoms. The Labute approximate surface area is 335 Å². The number of aliphatic hydroxyl groups is 3. The molecule has 4 fully saturated rings. The number of nitrogens with two attached hydrogens (primary N) is 1. The largest absolute Gasteiger partial charge is 0.463 e. The van der Waals surface area contributed by atoms with Crippen molar-refractivity contribution in [3.05, 3.63) is 11.6 Å². The molecule has 0 aromatic carbocycles. The molecule has 5 rings (SSSR count). The number of rotatable bonds is 21. The summed E-state index contributed by atoms with van der Waals surface area (Å²) in [5.41, 5.74) is 8.00. The zero-order valence-corrected chi connectivity index (χ0v) is 35.9. The van der Waals surface area contributed by atoms with Crippen molar-refractivity contribution < 1.29 is 34.3 Å². The molecule has 8 heteroatoms. The number of esters is 1. The van der Waals surface area contributed by atoms with Gasteiger partial charge in [0.25, 0.3) is 0 Å². The first-order valence-corrected chi connectivity index (χ1v) is 23.3. The summed E-state index contributed by atoms with van der Waals surface area (Å²) >= 11 is 0. The van der Waals surface area contributed by atoms with Crippen LogP contribution in [0.1, 0.15) is 183 Å². The number of ether oxygens (including phenoxy) is 3. The first kappa shape index (κ1) is 45.1. The van der Waals surface area contributed by atoms with Gasteiger partial charge in [0.15, 0.2) is 6.29 Å². The fraction of sp³-hybridized carbons (Fsp3) is 0.936. The Hall–Kier alpha value is -1.03. The van der Waals surface area contributed by atoms with Crippen molar-refractivity contribution in [1.29, 1.82) is 0 Å². The third-order valence-corrected chi connectivity index (χ3v) is 15.8. The highest BCUT2D eigenvalue weighted by Crippen LogP contribution is 2.67. The maximum atomic E-state index is 12.6. The van der Waals surface area contributed by atoms with Crippen LogP contribution in [0.5, 0.6) is 0 Å². The van der Waals surface area contributed by atoms with E-state index in [9.17, 15) is 20.1 Å². The molecule has 5 aliphatic rings. The lowest BCUT2D eigenvalue weighted by molar-refractivity contribution is -0.281. The highest BCUT2D eigenvalue weighted by Gasteiger charge is 2.61. The average Bonchev–Trinajstić information content (AvgIpc) is 3.51. The summed E-state index contributed by atoms with van der Waals surface area (Å²) in [4.78, 5) is 12.6. The number of hydrogen-bond donors (Lipinski definition) is 4. The summed E-state index contributed by atoms with van der Waals surface area (Å²) in [6, 6.07) is -0.930. The van der Waals surface area contributed by atoms with E-state index in [1.165, 1.54) is 102 Å². The quantitative estimate of drug-likeness (QED) is 0.0516. The fourth-order valence-electron chi connectivity index (χ4n) is 12.3. The summed E-state index contributed by atoms with van der Waals surface area (Å²) in [5, 5.41) is 33.6. The Bertz CT molecular complexity index is 1210. The molecule has 1 saturated heterocycles. The maximum absolute atomic E-state index is 12.6. The van der Waals surface area contributed by atoms with Gasteiger partial charge in [0.2, 0.25) is 0 Å². The summed E-state index contributed by atoms with van der Waals surface area (Å²) in [6.07, 6.45) is 22.3. The highest BCUT2D eigenvalue weighted by molar-refractivity contribution is 5.69. The molecule has 55 heavy (non-hydrogen) atoms. The van der Waals surface area contributed by atoms with Crippen molar-refractivity contribution in [2.45, 2.75) is 226 Å². The number of carbonyl (C=O) groups excluding carboxylic acids is 1. The van der Waals surface area contributed by atoms with E-state index >= 15 is 0 Å². The Morgan fingerprint density at radius 3 is 2.20 bits per heavy atom. The van der Waals surface area contributed by atoms with Gasteiger partial charge in [-0.1, -0.05) is 137 Å². The molecule has 0 amide bonds. The van der Waals surface area contributed by atoms with Gasteiger partial charge in [0.05, 0.1) is 18.2 Å². The molecule has 4 unspecified atom stereocenters. The van der Waals surface area contributed by atoms with Crippen LogP contribution in [0, 0.1) is 46.3 Å². The van der Waals surface area contributed by atoms with Gasteiger partial charge < -0.3 is 35.3 Å². The first-order chi connectivity index (χ1) is 26.3. The molecule has 3 saturated carbocycles. The molecule has 8 nitrogen and oxygen atoms in total. The molecule has 1 aliphatic heterocycles. The molecule has 318 valence electrons. The van der Waals surface area contributed by atoms with E-state index in [1.54, 1.807) is 0 Å². The van der Waals surface area contributed by atoms with Crippen LogP contribution in [0.2, 0.25) is 0 Å². The summed E-state index contributed by atoms with van der Waals surface area (Å²) in [6.45, 7) is 14.3. The predicted molar refractivity (Wildman–Crippen MR) is 220 cm³/mol. The van der Waals surface area contributed by atoms with Crippen LogP contribution >= 0.6 is 0 Å². The van der Waals surface area contributed by atoms with Crippen molar-refractivity contribution in [3.63, 3.8) is 0 Å². The van der Waals surface area contributed by atoms with E-state index in [4.69, 9.17) is 19.9 Å². The van der Waals surface area contributed by atoms with Crippen LogP contribution in [0.4, 0.5) is 0 Å². The highest BCUT2D eigenvalue weighted by atomic mass is 16.7. The van der Waals surface area contributed by atoms with Gasteiger partial charge in [-0.3, -0.25) is 4.79 Å². The lowest BCUT2D eigenvalue weighted by Crippen LogP contribution is -2.63. The van der Waals surface area contributed by atoms with Crippen LogP contribution in [0.3, 0.4) is 0 Å². The minimum absolute atomic E-state index is 0.0297. The number of unbranched alkanes of at least 4 members (excludes halogenated alkanes) is 10. The second-order valence-electron chi connectivity index (χ2n) is 20.0. The Morgan fingerprint density at radius 2 is 1.53 bits per heavy atom. The number of carbonyl (C=O) groups is 1. The molecule has 14 atom stereocenters. The van der Waals surface area contributed by atoms with Gasteiger partial charge >= 0.3 is 5.97 Å². The molecule has 0 aromatic heterocycles. The van der Waals surface area contributed by atoms with Gasteiger partial charge in [-0.2, -0.15) is 0 Å². The van der Waals surface area contributed by atoms with Crippen molar-refractivity contribution in [2.75, 3.05) is 6.61 Å². The summed E-state index contributed by atoms with van der Waals surface area (Å²) in [7, 11) is 0. The third kappa shape index (κ3) is 11.0. The van der Waals surface area contributed by atoms with Gasteiger partial charge in [-0.05, 0) is 97.7 Å². The van der Waals surface area contributed by atoms with E-state index in [2.05, 4.69) is 47.6 Å². The SMILES string of the molecule is CCCCCCCCCCCCCC(=O)OC[C@H]1O[C@H](OC2CC[C@@]3(C)C(=C[C@@H](O)C4C3CC[C@@]3(C)C4CC[C@@H]3[C@H](C)CCCC(C)C)C2)[C@H](N)[C@@H](O)[C@@H]1O. The third-order valence-electron chi connectivity index (χ3n) is 15.8. The van der Waals surface area contributed by atoms with Crippen LogP contribution < -0.4 is 5.73 Å². The zero-order valence-electron chi connectivity index (χ0n) is 35.9. The van der Waals surface area contributed by atoms with Gasteiger partial charge in [0, 0.05) is 6.42 Å². The lowest BCUT2D eigenvalue weighted by atomic mass is 9.46. The van der Waals surface area contributed by atoms with Crippen molar-refractivity contribution in [2.24, 2.45) is 52.1 Å². The zero-order chi connectivity index (χ0) is 39.8. The number of fused-ring (bicyclic) bond motifs is 5. The molecule has 5 N–H and O–H groups in total. The maximum Gasteiger partial charge on any atom is 0.305 e. The topological polar surface area (TPSA) is 131 Å². The van der Waals surface area contributed by atoms with Crippen LogP contribution in [0.15, 0.2) is 11.6 Å². The van der Waals surface area contributed by atoms with Crippen LogP contribution in [0.25, 0.3) is 0 Å². The lowest BCUT2D eigenvalue weighted by Gasteiger charge is -2.59. The Balaban J connectivity index is 1.09. The molecular weight excluding hydrogens is 691 g/mol. The van der Waals surface area contributed by atoms with E-state index in [0.717, 1.165) is 49.9 Å². The van der Waals surface area contributed by atoms with Crippen molar-refractivity contribution >= 4 is 5.97 Å². The number of hydrogen-bond acceptors (Lipinski definition) is 8. The first-order valence-electron chi connectivity index (χ1n) is 23.3. The smallest absolute Gasteiger partial charge is 0.305 e.